The highest BCUT2D eigenvalue weighted by molar-refractivity contribution is 5.35. The summed E-state index contributed by atoms with van der Waals surface area (Å²) in [5.41, 5.74) is 3.33. The maximum Gasteiger partial charge on any atom is 0.125 e. The van der Waals surface area contributed by atoms with Gasteiger partial charge in [-0.25, -0.2) is 14.4 Å². The molecule has 1 unspecified atom stereocenters. The van der Waals surface area contributed by atoms with Crippen LogP contribution in [0, 0.1) is 12.7 Å². The minimum Gasteiger partial charge on any atom is -0.304 e. The third-order valence-electron chi connectivity index (χ3n) is 3.55. The predicted molar refractivity (Wildman–Crippen MR) is 71.1 cm³/mol. The van der Waals surface area contributed by atoms with E-state index in [1.807, 2.05) is 19.1 Å². The lowest BCUT2D eigenvalue weighted by Gasteiger charge is -2.13. The lowest BCUT2D eigenvalue weighted by molar-refractivity contribution is 0.524. The highest BCUT2D eigenvalue weighted by Crippen LogP contribution is 2.31. The van der Waals surface area contributed by atoms with Crippen LogP contribution in [-0.2, 0) is 13.0 Å². The highest BCUT2D eigenvalue weighted by atomic mass is 19.1. The molecule has 0 aliphatic heterocycles. The molecule has 0 saturated carbocycles. The van der Waals surface area contributed by atoms with Gasteiger partial charge in [-0.3, -0.25) is 0 Å². The van der Waals surface area contributed by atoms with Crippen LogP contribution in [-0.4, -0.2) is 9.97 Å². The van der Waals surface area contributed by atoms with Gasteiger partial charge < -0.3 is 5.32 Å². The molecular formula is C15H16FN3. The molecule has 19 heavy (non-hydrogen) atoms. The summed E-state index contributed by atoms with van der Waals surface area (Å²) < 4.78 is 13.1. The van der Waals surface area contributed by atoms with Crippen molar-refractivity contribution in [1.29, 1.82) is 0 Å². The van der Waals surface area contributed by atoms with Crippen molar-refractivity contribution < 1.29 is 4.39 Å². The first-order chi connectivity index (χ1) is 9.22. The summed E-state index contributed by atoms with van der Waals surface area (Å²) in [5.74, 6) is 0.638. The van der Waals surface area contributed by atoms with Gasteiger partial charge in [0.1, 0.15) is 11.6 Å². The van der Waals surface area contributed by atoms with Gasteiger partial charge in [0.15, 0.2) is 0 Å². The number of hydrogen-bond acceptors (Lipinski definition) is 3. The molecule has 1 aliphatic rings. The van der Waals surface area contributed by atoms with Crippen molar-refractivity contribution >= 4 is 0 Å². The van der Waals surface area contributed by atoms with E-state index in [-0.39, 0.29) is 5.82 Å². The topological polar surface area (TPSA) is 37.8 Å². The van der Waals surface area contributed by atoms with Crippen molar-refractivity contribution in [1.82, 2.24) is 15.3 Å². The Labute approximate surface area is 111 Å². The van der Waals surface area contributed by atoms with Crippen LogP contribution in [0.15, 0.2) is 30.5 Å². The lowest BCUT2D eigenvalue weighted by Crippen LogP contribution is -2.19. The zero-order chi connectivity index (χ0) is 13.2. The Morgan fingerprint density at radius 1 is 1.37 bits per heavy atom. The Balaban J connectivity index is 1.70. The van der Waals surface area contributed by atoms with Crippen LogP contribution in [0.25, 0.3) is 0 Å². The largest absolute Gasteiger partial charge is 0.304 e. The van der Waals surface area contributed by atoms with Gasteiger partial charge in [-0.1, -0.05) is 6.07 Å². The summed E-state index contributed by atoms with van der Waals surface area (Å²) in [7, 11) is 0. The zero-order valence-electron chi connectivity index (χ0n) is 10.9. The van der Waals surface area contributed by atoms with E-state index in [0.717, 1.165) is 29.9 Å². The molecule has 1 atom stereocenters. The van der Waals surface area contributed by atoms with E-state index in [1.165, 1.54) is 11.6 Å². The van der Waals surface area contributed by atoms with Crippen molar-refractivity contribution in [2.75, 3.05) is 0 Å². The van der Waals surface area contributed by atoms with Crippen LogP contribution < -0.4 is 5.32 Å². The first kappa shape index (κ1) is 12.2. The average molecular weight is 257 g/mol. The maximum absolute atomic E-state index is 13.1. The summed E-state index contributed by atoms with van der Waals surface area (Å²) in [6, 6.07) is 7.28. The van der Waals surface area contributed by atoms with Crippen molar-refractivity contribution in [3.63, 3.8) is 0 Å². The van der Waals surface area contributed by atoms with Crippen LogP contribution in [0.5, 0.6) is 0 Å². The van der Waals surface area contributed by atoms with E-state index >= 15 is 0 Å². The van der Waals surface area contributed by atoms with E-state index in [0.29, 0.717) is 12.6 Å². The van der Waals surface area contributed by atoms with Gasteiger partial charge in [-0.2, -0.15) is 0 Å². The molecule has 0 radical (unpaired) electrons. The number of halogens is 1. The number of hydrogen-bond donors (Lipinski definition) is 1. The minimum absolute atomic E-state index is 0.147. The fourth-order valence-corrected chi connectivity index (χ4v) is 2.63. The molecular weight excluding hydrogens is 241 g/mol. The van der Waals surface area contributed by atoms with Crippen molar-refractivity contribution in [2.24, 2.45) is 0 Å². The Morgan fingerprint density at radius 3 is 3.11 bits per heavy atom. The quantitative estimate of drug-likeness (QED) is 0.918. The fraction of sp³-hybridized carbons (Fsp3) is 0.333. The molecule has 1 aromatic carbocycles. The van der Waals surface area contributed by atoms with Gasteiger partial charge in [0.25, 0.3) is 0 Å². The molecule has 3 rings (SSSR count). The van der Waals surface area contributed by atoms with E-state index in [9.17, 15) is 4.39 Å². The smallest absolute Gasteiger partial charge is 0.125 e. The first-order valence-electron chi connectivity index (χ1n) is 6.52. The number of fused-ring (bicyclic) bond motifs is 1. The SMILES string of the molecule is Cc1nccc(CNC2CCc3cc(F)ccc32)n1. The van der Waals surface area contributed by atoms with Gasteiger partial charge in [0, 0.05) is 18.8 Å². The van der Waals surface area contributed by atoms with Crippen LogP contribution in [0.1, 0.15) is 35.1 Å². The number of nitrogens with one attached hydrogen (secondary N) is 1. The third-order valence-corrected chi connectivity index (χ3v) is 3.55. The first-order valence-corrected chi connectivity index (χ1v) is 6.52. The highest BCUT2D eigenvalue weighted by Gasteiger charge is 2.22. The normalized spacial score (nSPS) is 17.5. The molecule has 2 aromatic rings. The third kappa shape index (κ3) is 2.63. The molecule has 0 amide bonds. The number of rotatable bonds is 3. The second-order valence-corrected chi connectivity index (χ2v) is 4.91. The second-order valence-electron chi connectivity index (χ2n) is 4.91. The maximum atomic E-state index is 13.1. The molecule has 1 aliphatic carbocycles. The zero-order valence-corrected chi connectivity index (χ0v) is 10.9. The van der Waals surface area contributed by atoms with Crippen molar-refractivity contribution in [3.05, 3.63) is 58.9 Å². The molecule has 0 spiro atoms. The monoisotopic (exact) mass is 257 g/mol. The van der Waals surface area contributed by atoms with Gasteiger partial charge in [0.05, 0.1) is 5.69 Å². The lowest BCUT2D eigenvalue weighted by atomic mass is 10.1. The van der Waals surface area contributed by atoms with Crippen LogP contribution in [0.4, 0.5) is 4.39 Å². The van der Waals surface area contributed by atoms with E-state index in [4.69, 9.17) is 0 Å². The van der Waals surface area contributed by atoms with E-state index in [2.05, 4.69) is 15.3 Å². The van der Waals surface area contributed by atoms with Crippen molar-refractivity contribution in [3.8, 4) is 0 Å². The van der Waals surface area contributed by atoms with Crippen LogP contribution >= 0.6 is 0 Å². The van der Waals surface area contributed by atoms with Gasteiger partial charge in [-0.05, 0) is 49.1 Å². The van der Waals surface area contributed by atoms with E-state index < -0.39 is 0 Å². The molecule has 1 N–H and O–H groups in total. The standard InChI is InChI=1S/C15H16FN3/c1-10-17-7-6-13(19-10)9-18-15-5-2-11-8-12(16)3-4-14(11)15/h3-4,6-8,15,18H,2,5,9H2,1H3. The fourth-order valence-electron chi connectivity index (χ4n) is 2.63. The predicted octanol–water partition coefficient (Wildman–Crippen LogP) is 2.70. The van der Waals surface area contributed by atoms with Crippen LogP contribution in [0.3, 0.4) is 0 Å². The summed E-state index contributed by atoms with van der Waals surface area (Å²) in [6.45, 7) is 2.60. The molecule has 0 bridgehead atoms. The summed E-state index contributed by atoms with van der Waals surface area (Å²) in [6.07, 6.45) is 3.73. The number of aromatic nitrogens is 2. The molecule has 1 aromatic heterocycles. The summed E-state index contributed by atoms with van der Waals surface area (Å²) in [5, 5.41) is 3.49. The number of benzene rings is 1. The molecule has 0 fully saturated rings. The van der Waals surface area contributed by atoms with E-state index in [1.54, 1.807) is 12.3 Å². The van der Waals surface area contributed by atoms with Gasteiger partial charge >= 0.3 is 0 Å². The molecule has 3 nitrogen and oxygen atoms in total. The van der Waals surface area contributed by atoms with Gasteiger partial charge in [0.2, 0.25) is 0 Å². The van der Waals surface area contributed by atoms with Gasteiger partial charge in [-0.15, -0.1) is 0 Å². The molecule has 1 heterocycles. The average Bonchev–Trinajstić information content (AvgIpc) is 2.78. The second kappa shape index (κ2) is 5.05. The molecule has 4 heteroatoms. The number of nitrogens with zero attached hydrogens (tertiary/aromatic N) is 2. The molecule has 98 valence electrons. The Kier molecular flexibility index (Phi) is 3.25. The number of aryl methyl sites for hydroxylation is 2. The Morgan fingerprint density at radius 2 is 2.26 bits per heavy atom. The van der Waals surface area contributed by atoms with Crippen LogP contribution in [0.2, 0.25) is 0 Å². The molecule has 0 saturated heterocycles. The Bertz CT molecular complexity index is 598. The summed E-state index contributed by atoms with van der Waals surface area (Å²) >= 11 is 0. The summed E-state index contributed by atoms with van der Waals surface area (Å²) in [4.78, 5) is 8.46. The van der Waals surface area contributed by atoms with Crippen molar-refractivity contribution in [2.45, 2.75) is 32.4 Å². The minimum atomic E-state index is -0.147. The Hall–Kier alpha value is -1.81.